The largest absolute Gasteiger partial charge is 0.465 e. The van der Waals surface area contributed by atoms with Crippen LogP contribution in [0.2, 0.25) is 5.02 Å². The van der Waals surface area contributed by atoms with Crippen molar-refractivity contribution in [3.05, 3.63) is 28.8 Å². The molecule has 1 aliphatic rings. The first-order valence-corrected chi connectivity index (χ1v) is 6.93. The number of rotatable bonds is 4. The third-order valence-electron chi connectivity index (χ3n) is 3.34. The number of carbonyl (C=O) groups excluding carboxylic acids is 1. The van der Waals surface area contributed by atoms with Gasteiger partial charge in [0.05, 0.1) is 18.4 Å². The van der Waals surface area contributed by atoms with E-state index in [1.807, 2.05) is 0 Å². The first kappa shape index (κ1) is 14.2. The fraction of sp³-hybridized carbons (Fsp3) is 0.500. The number of nitrogens with one attached hydrogen (secondary N) is 2. The Morgan fingerprint density at radius 1 is 1.53 bits per heavy atom. The Bertz CT molecular complexity index is 445. The smallest absolute Gasteiger partial charge is 0.339 e. The van der Waals surface area contributed by atoms with E-state index in [-0.39, 0.29) is 5.97 Å². The van der Waals surface area contributed by atoms with Crippen LogP contribution in [0.1, 0.15) is 29.6 Å². The van der Waals surface area contributed by atoms with Crippen molar-refractivity contribution < 1.29 is 9.53 Å². The Labute approximate surface area is 118 Å². The van der Waals surface area contributed by atoms with E-state index in [2.05, 4.69) is 10.6 Å². The zero-order valence-electron chi connectivity index (χ0n) is 11.0. The van der Waals surface area contributed by atoms with Gasteiger partial charge in [-0.25, -0.2) is 4.79 Å². The molecule has 1 heterocycles. The van der Waals surface area contributed by atoms with Gasteiger partial charge in [0.15, 0.2) is 0 Å². The highest BCUT2D eigenvalue weighted by molar-refractivity contribution is 6.31. The maximum absolute atomic E-state index is 11.7. The number of ether oxygens (including phenoxy) is 1. The number of anilines is 1. The minimum atomic E-state index is -0.351. The van der Waals surface area contributed by atoms with Gasteiger partial charge in [0.1, 0.15) is 0 Å². The number of methoxy groups -OCH3 is 1. The van der Waals surface area contributed by atoms with Crippen LogP contribution in [0.3, 0.4) is 0 Å². The summed E-state index contributed by atoms with van der Waals surface area (Å²) in [4.78, 5) is 11.7. The number of carbonyl (C=O) groups is 1. The van der Waals surface area contributed by atoms with Gasteiger partial charge in [-0.05, 0) is 37.6 Å². The van der Waals surface area contributed by atoms with Crippen molar-refractivity contribution in [2.45, 2.75) is 25.3 Å². The molecular formula is C14H19ClN2O2. The molecule has 1 saturated heterocycles. The van der Waals surface area contributed by atoms with Crippen LogP contribution < -0.4 is 10.6 Å². The van der Waals surface area contributed by atoms with Gasteiger partial charge in [0.25, 0.3) is 0 Å². The first-order valence-electron chi connectivity index (χ1n) is 6.56. The second-order valence-corrected chi connectivity index (χ2v) is 5.15. The predicted molar refractivity (Wildman–Crippen MR) is 76.9 cm³/mol. The van der Waals surface area contributed by atoms with E-state index < -0.39 is 0 Å². The SMILES string of the molecule is COC(=O)c1ccc(Cl)cc1NCC1CCCCN1. The average Bonchev–Trinajstić information content (AvgIpc) is 2.45. The van der Waals surface area contributed by atoms with Gasteiger partial charge < -0.3 is 15.4 Å². The summed E-state index contributed by atoms with van der Waals surface area (Å²) in [5, 5.41) is 7.35. The van der Waals surface area contributed by atoms with Gasteiger partial charge in [0.2, 0.25) is 0 Å². The number of piperidine rings is 1. The molecule has 2 N–H and O–H groups in total. The molecule has 0 saturated carbocycles. The summed E-state index contributed by atoms with van der Waals surface area (Å²) in [6.07, 6.45) is 3.64. The number of benzene rings is 1. The van der Waals surface area contributed by atoms with E-state index in [0.717, 1.165) is 25.2 Å². The lowest BCUT2D eigenvalue weighted by Crippen LogP contribution is -2.39. The van der Waals surface area contributed by atoms with Gasteiger partial charge in [-0.3, -0.25) is 0 Å². The fourth-order valence-corrected chi connectivity index (χ4v) is 2.45. The van der Waals surface area contributed by atoms with E-state index >= 15 is 0 Å². The van der Waals surface area contributed by atoms with E-state index in [1.54, 1.807) is 18.2 Å². The van der Waals surface area contributed by atoms with Crippen LogP contribution in [0, 0.1) is 0 Å². The third kappa shape index (κ3) is 3.85. The van der Waals surface area contributed by atoms with Crippen LogP contribution in [0.25, 0.3) is 0 Å². The summed E-state index contributed by atoms with van der Waals surface area (Å²) in [6.45, 7) is 1.84. The maximum atomic E-state index is 11.7. The first-order chi connectivity index (χ1) is 9.20. The van der Waals surface area contributed by atoms with Gasteiger partial charge in [-0.2, -0.15) is 0 Å². The molecule has 104 valence electrons. The predicted octanol–water partition coefficient (Wildman–Crippen LogP) is 2.68. The zero-order valence-corrected chi connectivity index (χ0v) is 11.8. The molecule has 0 aliphatic carbocycles. The van der Waals surface area contributed by atoms with Crippen LogP contribution in [-0.4, -0.2) is 32.2 Å². The normalized spacial score (nSPS) is 18.9. The molecule has 0 spiro atoms. The Kier molecular flexibility index (Phi) is 5.05. The zero-order chi connectivity index (χ0) is 13.7. The molecule has 2 rings (SSSR count). The van der Waals surface area contributed by atoms with Crippen molar-refractivity contribution in [2.24, 2.45) is 0 Å². The van der Waals surface area contributed by atoms with E-state index in [4.69, 9.17) is 16.3 Å². The number of halogens is 1. The lowest BCUT2D eigenvalue weighted by Gasteiger charge is -2.24. The van der Waals surface area contributed by atoms with Crippen molar-refractivity contribution in [3.8, 4) is 0 Å². The summed E-state index contributed by atoms with van der Waals surface area (Å²) in [7, 11) is 1.38. The molecule has 1 aromatic carbocycles. The van der Waals surface area contributed by atoms with Crippen LogP contribution in [0.15, 0.2) is 18.2 Å². The van der Waals surface area contributed by atoms with Crippen molar-refractivity contribution in [1.82, 2.24) is 5.32 Å². The van der Waals surface area contributed by atoms with Crippen molar-refractivity contribution >= 4 is 23.3 Å². The highest BCUT2D eigenvalue weighted by atomic mass is 35.5. The molecule has 1 aromatic rings. The summed E-state index contributed by atoms with van der Waals surface area (Å²) in [5.74, 6) is -0.351. The highest BCUT2D eigenvalue weighted by Crippen LogP contribution is 2.22. The van der Waals surface area contributed by atoms with Crippen LogP contribution in [0.5, 0.6) is 0 Å². The summed E-state index contributed by atoms with van der Waals surface area (Å²) >= 11 is 5.98. The Balaban J connectivity index is 2.05. The molecule has 0 radical (unpaired) electrons. The number of hydrogen-bond acceptors (Lipinski definition) is 4. The molecule has 0 amide bonds. The second kappa shape index (κ2) is 6.78. The van der Waals surface area contributed by atoms with Gasteiger partial charge in [-0.15, -0.1) is 0 Å². The van der Waals surface area contributed by atoms with Crippen LogP contribution in [-0.2, 0) is 4.74 Å². The Hall–Kier alpha value is -1.26. The lowest BCUT2D eigenvalue weighted by molar-refractivity contribution is 0.0602. The molecule has 5 heteroatoms. The van der Waals surface area contributed by atoms with Gasteiger partial charge in [-0.1, -0.05) is 18.0 Å². The lowest BCUT2D eigenvalue weighted by atomic mass is 10.0. The topological polar surface area (TPSA) is 50.4 Å². The van der Waals surface area contributed by atoms with E-state index in [9.17, 15) is 4.79 Å². The Morgan fingerprint density at radius 3 is 3.05 bits per heavy atom. The third-order valence-corrected chi connectivity index (χ3v) is 3.57. The van der Waals surface area contributed by atoms with Crippen LogP contribution in [0.4, 0.5) is 5.69 Å². The Morgan fingerprint density at radius 2 is 2.37 bits per heavy atom. The van der Waals surface area contributed by atoms with Crippen molar-refractivity contribution in [2.75, 3.05) is 25.5 Å². The van der Waals surface area contributed by atoms with E-state index in [1.165, 1.54) is 20.0 Å². The summed E-state index contributed by atoms with van der Waals surface area (Å²) in [6, 6.07) is 5.58. The molecule has 1 atom stereocenters. The monoisotopic (exact) mass is 282 g/mol. The van der Waals surface area contributed by atoms with Crippen molar-refractivity contribution in [3.63, 3.8) is 0 Å². The summed E-state index contributed by atoms with van der Waals surface area (Å²) in [5.41, 5.74) is 1.24. The van der Waals surface area contributed by atoms with E-state index in [0.29, 0.717) is 16.6 Å². The molecule has 1 unspecified atom stereocenters. The maximum Gasteiger partial charge on any atom is 0.339 e. The van der Waals surface area contributed by atoms with Gasteiger partial charge in [0, 0.05) is 17.6 Å². The molecule has 4 nitrogen and oxygen atoms in total. The second-order valence-electron chi connectivity index (χ2n) is 4.71. The minimum absolute atomic E-state index is 0.351. The molecular weight excluding hydrogens is 264 g/mol. The average molecular weight is 283 g/mol. The standard InChI is InChI=1S/C14H19ClN2O2/c1-19-14(18)12-6-5-10(15)8-13(12)17-9-11-4-2-3-7-16-11/h5-6,8,11,16-17H,2-4,7,9H2,1H3. The highest BCUT2D eigenvalue weighted by Gasteiger charge is 2.15. The molecule has 0 bridgehead atoms. The molecule has 0 aromatic heterocycles. The number of esters is 1. The fourth-order valence-electron chi connectivity index (χ4n) is 2.28. The molecule has 19 heavy (non-hydrogen) atoms. The van der Waals surface area contributed by atoms with Gasteiger partial charge >= 0.3 is 5.97 Å². The molecule has 1 aliphatic heterocycles. The van der Waals surface area contributed by atoms with Crippen molar-refractivity contribution in [1.29, 1.82) is 0 Å². The minimum Gasteiger partial charge on any atom is -0.465 e. The number of hydrogen-bond donors (Lipinski definition) is 2. The quantitative estimate of drug-likeness (QED) is 0.834. The summed E-state index contributed by atoms with van der Waals surface area (Å²) < 4.78 is 4.77. The van der Waals surface area contributed by atoms with Crippen LogP contribution >= 0.6 is 11.6 Å². The molecule has 1 fully saturated rings.